The number of carbonyl (C=O) groups excluding carboxylic acids is 2. The molecule has 0 spiro atoms. The van der Waals surface area contributed by atoms with Crippen LogP contribution < -0.4 is 9.64 Å². The minimum absolute atomic E-state index is 0.126. The van der Waals surface area contributed by atoms with Crippen LogP contribution in [-0.2, 0) is 4.79 Å². The van der Waals surface area contributed by atoms with Gasteiger partial charge in [-0.1, -0.05) is 36.4 Å². The number of carbonyl (C=O) groups is 2. The van der Waals surface area contributed by atoms with E-state index < -0.39 is 0 Å². The van der Waals surface area contributed by atoms with Crippen LogP contribution in [-0.4, -0.2) is 49.9 Å². The van der Waals surface area contributed by atoms with Crippen LogP contribution in [0.15, 0.2) is 66.7 Å². The van der Waals surface area contributed by atoms with E-state index in [2.05, 4.69) is 17.0 Å². The van der Waals surface area contributed by atoms with E-state index in [0.717, 1.165) is 41.6 Å². The van der Waals surface area contributed by atoms with Crippen LogP contribution in [0, 0.1) is 0 Å². The van der Waals surface area contributed by atoms with Crippen LogP contribution >= 0.6 is 0 Å². The summed E-state index contributed by atoms with van der Waals surface area (Å²) in [7, 11) is 0. The number of aldehydes is 1. The lowest BCUT2D eigenvalue weighted by Gasteiger charge is -2.36. The number of piperazine rings is 1. The molecule has 0 unspecified atom stereocenters. The highest BCUT2D eigenvalue weighted by molar-refractivity contribution is 5.88. The molecule has 1 fully saturated rings. The molecule has 29 heavy (non-hydrogen) atoms. The van der Waals surface area contributed by atoms with Crippen LogP contribution in [0.2, 0.25) is 0 Å². The molecule has 1 saturated heterocycles. The Hall–Kier alpha value is -3.34. The number of benzene rings is 3. The summed E-state index contributed by atoms with van der Waals surface area (Å²) in [5.74, 6) is 0.945. The Labute approximate surface area is 170 Å². The second-order valence-corrected chi connectivity index (χ2v) is 7.15. The van der Waals surface area contributed by atoms with Crippen LogP contribution in [0.5, 0.6) is 5.75 Å². The predicted octanol–water partition coefficient (Wildman–Crippen LogP) is 3.77. The predicted molar refractivity (Wildman–Crippen MR) is 115 cm³/mol. The molecule has 1 aliphatic heterocycles. The topological polar surface area (TPSA) is 49.9 Å². The fourth-order valence-corrected chi connectivity index (χ4v) is 3.71. The summed E-state index contributed by atoms with van der Waals surface area (Å²) < 4.78 is 5.91. The van der Waals surface area contributed by atoms with Crippen molar-refractivity contribution in [2.45, 2.75) is 6.42 Å². The molecule has 0 aromatic heterocycles. The largest absolute Gasteiger partial charge is 0.492 e. The van der Waals surface area contributed by atoms with Gasteiger partial charge in [0.2, 0.25) is 5.91 Å². The number of nitrogens with zero attached hydrogens (tertiary/aromatic N) is 2. The van der Waals surface area contributed by atoms with Gasteiger partial charge >= 0.3 is 0 Å². The maximum atomic E-state index is 12.6. The molecule has 0 atom stereocenters. The van der Waals surface area contributed by atoms with E-state index in [4.69, 9.17) is 4.74 Å². The third kappa shape index (κ3) is 4.40. The van der Waals surface area contributed by atoms with Gasteiger partial charge in [-0.3, -0.25) is 9.59 Å². The van der Waals surface area contributed by atoms with Crippen LogP contribution in [0.3, 0.4) is 0 Å². The lowest BCUT2D eigenvalue weighted by atomic mass is 10.1. The minimum atomic E-state index is 0.126. The Morgan fingerprint density at radius 1 is 0.897 bits per heavy atom. The number of rotatable bonds is 6. The molecule has 1 aliphatic rings. The van der Waals surface area contributed by atoms with Crippen molar-refractivity contribution in [2.24, 2.45) is 0 Å². The maximum absolute atomic E-state index is 12.6. The summed E-state index contributed by atoms with van der Waals surface area (Å²) >= 11 is 0. The van der Waals surface area contributed by atoms with E-state index in [1.807, 2.05) is 59.5 Å². The summed E-state index contributed by atoms with van der Waals surface area (Å²) in [6.45, 7) is 3.35. The minimum Gasteiger partial charge on any atom is -0.492 e. The average molecular weight is 388 g/mol. The first-order valence-electron chi connectivity index (χ1n) is 9.93. The Kier molecular flexibility index (Phi) is 5.75. The molecular formula is C24H24N2O3. The van der Waals surface area contributed by atoms with Gasteiger partial charge in [-0.2, -0.15) is 0 Å². The summed E-state index contributed by atoms with van der Waals surface area (Å²) in [5.41, 5.74) is 1.76. The van der Waals surface area contributed by atoms with E-state index >= 15 is 0 Å². The summed E-state index contributed by atoms with van der Waals surface area (Å²) in [4.78, 5) is 27.5. The molecular weight excluding hydrogens is 364 g/mol. The molecule has 0 radical (unpaired) electrons. The average Bonchev–Trinajstić information content (AvgIpc) is 2.79. The van der Waals surface area contributed by atoms with Gasteiger partial charge in [0.25, 0.3) is 0 Å². The summed E-state index contributed by atoms with van der Waals surface area (Å²) in [6.07, 6.45) is 1.22. The summed E-state index contributed by atoms with van der Waals surface area (Å²) in [5, 5.41) is 2.20. The molecule has 0 bridgehead atoms. The maximum Gasteiger partial charge on any atom is 0.226 e. The fraction of sp³-hybridized carbons (Fsp3) is 0.250. The third-order valence-corrected chi connectivity index (χ3v) is 5.35. The Bertz CT molecular complexity index is 987. The molecule has 1 amide bonds. The van der Waals surface area contributed by atoms with Crippen molar-refractivity contribution >= 4 is 28.7 Å². The molecule has 1 heterocycles. The van der Waals surface area contributed by atoms with Gasteiger partial charge in [0, 0.05) is 42.8 Å². The number of ether oxygens (including phenoxy) is 1. The Morgan fingerprint density at radius 2 is 1.62 bits per heavy atom. The van der Waals surface area contributed by atoms with Crippen molar-refractivity contribution in [3.63, 3.8) is 0 Å². The van der Waals surface area contributed by atoms with Crippen molar-refractivity contribution in [3.8, 4) is 5.75 Å². The number of amides is 1. The molecule has 0 saturated carbocycles. The van der Waals surface area contributed by atoms with Gasteiger partial charge in [0.1, 0.15) is 12.0 Å². The quantitative estimate of drug-likeness (QED) is 0.603. The van der Waals surface area contributed by atoms with Gasteiger partial charge < -0.3 is 14.5 Å². The standard InChI is InChI=1S/C24H24N2O3/c27-18-19-8-10-21(11-9-19)25-13-15-26(16-14-25)24(28)12-17-29-23-7-3-5-20-4-1-2-6-22(20)23/h1-11,18H,12-17H2. The zero-order valence-electron chi connectivity index (χ0n) is 16.3. The van der Waals surface area contributed by atoms with Crippen molar-refractivity contribution in [3.05, 3.63) is 72.3 Å². The highest BCUT2D eigenvalue weighted by Crippen LogP contribution is 2.25. The monoisotopic (exact) mass is 388 g/mol. The van der Waals surface area contributed by atoms with Gasteiger partial charge in [0.15, 0.2) is 0 Å². The third-order valence-electron chi connectivity index (χ3n) is 5.35. The number of fused-ring (bicyclic) bond motifs is 1. The molecule has 148 valence electrons. The van der Waals surface area contributed by atoms with Gasteiger partial charge in [-0.05, 0) is 35.7 Å². The first-order chi connectivity index (χ1) is 14.2. The number of anilines is 1. The first kappa shape index (κ1) is 19.0. The van der Waals surface area contributed by atoms with E-state index in [0.29, 0.717) is 31.7 Å². The molecule has 5 nitrogen and oxygen atoms in total. The van der Waals surface area contributed by atoms with E-state index in [1.165, 1.54) is 0 Å². The first-order valence-corrected chi connectivity index (χ1v) is 9.93. The van der Waals surface area contributed by atoms with Gasteiger partial charge in [-0.25, -0.2) is 0 Å². The van der Waals surface area contributed by atoms with Gasteiger partial charge in [-0.15, -0.1) is 0 Å². The SMILES string of the molecule is O=Cc1ccc(N2CCN(C(=O)CCOc3cccc4ccccc34)CC2)cc1. The number of hydrogen-bond acceptors (Lipinski definition) is 4. The van der Waals surface area contributed by atoms with Crippen molar-refractivity contribution in [1.29, 1.82) is 0 Å². The van der Waals surface area contributed by atoms with Crippen LogP contribution in [0.1, 0.15) is 16.8 Å². The normalized spacial score (nSPS) is 14.1. The van der Waals surface area contributed by atoms with Crippen molar-refractivity contribution in [2.75, 3.05) is 37.7 Å². The van der Waals surface area contributed by atoms with Crippen LogP contribution in [0.4, 0.5) is 5.69 Å². The lowest BCUT2D eigenvalue weighted by Crippen LogP contribution is -2.49. The number of hydrogen-bond donors (Lipinski definition) is 0. The molecule has 0 N–H and O–H groups in total. The Morgan fingerprint density at radius 3 is 2.38 bits per heavy atom. The fourth-order valence-electron chi connectivity index (χ4n) is 3.71. The van der Waals surface area contributed by atoms with Crippen molar-refractivity contribution in [1.82, 2.24) is 4.90 Å². The molecule has 3 aromatic rings. The zero-order chi connectivity index (χ0) is 20.1. The molecule has 3 aromatic carbocycles. The zero-order valence-corrected chi connectivity index (χ0v) is 16.3. The van der Waals surface area contributed by atoms with Gasteiger partial charge in [0.05, 0.1) is 13.0 Å². The Balaban J connectivity index is 1.27. The highest BCUT2D eigenvalue weighted by Gasteiger charge is 2.21. The smallest absolute Gasteiger partial charge is 0.226 e. The van der Waals surface area contributed by atoms with E-state index in [1.54, 1.807) is 0 Å². The molecule has 5 heteroatoms. The van der Waals surface area contributed by atoms with Crippen molar-refractivity contribution < 1.29 is 14.3 Å². The lowest BCUT2D eigenvalue weighted by molar-refractivity contribution is -0.132. The van der Waals surface area contributed by atoms with Crippen LogP contribution in [0.25, 0.3) is 10.8 Å². The van der Waals surface area contributed by atoms with E-state index in [-0.39, 0.29) is 5.91 Å². The van der Waals surface area contributed by atoms with E-state index in [9.17, 15) is 9.59 Å². The highest BCUT2D eigenvalue weighted by atomic mass is 16.5. The molecule has 4 rings (SSSR count). The summed E-state index contributed by atoms with van der Waals surface area (Å²) in [6, 6.07) is 21.6. The second kappa shape index (κ2) is 8.78. The second-order valence-electron chi connectivity index (χ2n) is 7.15. The molecule has 0 aliphatic carbocycles.